The summed E-state index contributed by atoms with van der Waals surface area (Å²) in [6.45, 7) is 1.50. The lowest BCUT2D eigenvalue weighted by Gasteiger charge is -2.27. The predicted molar refractivity (Wildman–Crippen MR) is 50.9 cm³/mol. The van der Waals surface area contributed by atoms with Gasteiger partial charge in [0.1, 0.15) is 0 Å². The van der Waals surface area contributed by atoms with E-state index >= 15 is 0 Å². The van der Waals surface area contributed by atoms with Crippen LogP contribution in [0.1, 0.15) is 6.92 Å². The Morgan fingerprint density at radius 2 is 1.71 bits per heavy atom. The first-order valence-electron chi connectivity index (χ1n) is 3.84. The van der Waals surface area contributed by atoms with Crippen LogP contribution in [0.15, 0.2) is 11.3 Å². The normalized spacial score (nSPS) is 13.0. The zero-order chi connectivity index (χ0) is 11.2. The van der Waals surface area contributed by atoms with Crippen LogP contribution in [0.3, 0.4) is 0 Å². The molecule has 0 aromatic heterocycles. The Kier molecular flexibility index (Phi) is 5.62. The van der Waals surface area contributed by atoms with E-state index in [9.17, 15) is 4.79 Å². The summed E-state index contributed by atoms with van der Waals surface area (Å²) in [7, 11) is 4.26. The molecule has 0 bridgehead atoms. The molecule has 1 N–H and O–H groups in total. The van der Waals surface area contributed by atoms with Gasteiger partial charge in [0.05, 0.1) is 0 Å². The Balaban J connectivity index is 4.46. The average Bonchev–Trinajstić information content (AvgIpc) is 2.20. The molecule has 2 radical (unpaired) electrons. The third kappa shape index (κ3) is 3.58. The van der Waals surface area contributed by atoms with Crippen molar-refractivity contribution >= 4 is 15.5 Å². The highest BCUT2D eigenvalue weighted by Crippen LogP contribution is 2.11. The van der Waals surface area contributed by atoms with Crippen molar-refractivity contribution < 1.29 is 24.1 Å². The summed E-state index contributed by atoms with van der Waals surface area (Å²) in [5.74, 6) is -0.963. The molecule has 0 saturated carbocycles. The topological polar surface area (TPSA) is 65.0 Å². The quantitative estimate of drug-likeness (QED) is 0.393. The average molecular weight is 218 g/mol. The van der Waals surface area contributed by atoms with E-state index in [1.54, 1.807) is 0 Å². The summed E-state index contributed by atoms with van der Waals surface area (Å²) in [6, 6.07) is 0. The van der Waals surface area contributed by atoms with Gasteiger partial charge in [0.25, 0.3) is 5.60 Å². The summed E-state index contributed by atoms with van der Waals surface area (Å²) in [5.41, 5.74) is 0.578. The second kappa shape index (κ2) is 5.92. The molecule has 0 fully saturated rings. The monoisotopic (exact) mass is 218 g/mol. The molecular weight excluding hydrogens is 204 g/mol. The molecule has 0 atom stereocenters. The number of hydrogen-bond acceptors (Lipinski definition) is 4. The lowest BCUT2D eigenvalue weighted by molar-refractivity contribution is -0.294. The van der Waals surface area contributed by atoms with Crippen LogP contribution in [-0.2, 0) is 19.0 Å². The van der Waals surface area contributed by atoms with Crippen LogP contribution in [0.2, 0.25) is 0 Å². The third-order valence-electron chi connectivity index (χ3n) is 1.61. The van der Waals surface area contributed by atoms with Crippen molar-refractivity contribution in [1.29, 1.82) is 0 Å². The minimum atomic E-state index is -1.17. The van der Waals surface area contributed by atoms with Crippen LogP contribution in [-0.4, -0.2) is 47.5 Å². The van der Waals surface area contributed by atoms with E-state index in [2.05, 4.69) is 0 Å². The number of carbonyl (C=O) groups is 1. The standard InChI is InChI=1S/C8H14O5Si/c1-6(7(9)10)5-14-8(11-2,12-3)13-4/h5H,1-4H3,(H,9,10). The van der Waals surface area contributed by atoms with Gasteiger partial charge in [-0.2, -0.15) is 0 Å². The molecule has 0 unspecified atom stereocenters. The molecule has 0 heterocycles. The molecule has 6 heteroatoms. The minimum Gasteiger partial charge on any atom is -0.478 e. The van der Waals surface area contributed by atoms with Crippen molar-refractivity contribution in [2.24, 2.45) is 0 Å². The van der Waals surface area contributed by atoms with Gasteiger partial charge in [-0.3, -0.25) is 0 Å². The van der Waals surface area contributed by atoms with Crippen molar-refractivity contribution in [3.05, 3.63) is 11.3 Å². The van der Waals surface area contributed by atoms with Crippen molar-refractivity contribution in [3.63, 3.8) is 0 Å². The first-order chi connectivity index (χ1) is 6.51. The first kappa shape index (κ1) is 13.3. The number of hydrogen-bond donors (Lipinski definition) is 1. The van der Waals surface area contributed by atoms with Gasteiger partial charge in [0.15, 0.2) is 9.52 Å². The fourth-order valence-electron chi connectivity index (χ4n) is 0.685. The Morgan fingerprint density at radius 1 is 1.29 bits per heavy atom. The maximum atomic E-state index is 10.5. The smallest absolute Gasteiger partial charge is 0.330 e. The largest absolute Gasteiger partial charge is 0.478 e. The Labute approximate surface area is 85.5 Å². The van der Waals surface area contributed by atoms with Crippen LogP contribution in [0.4, 0.5) is 0 Å². The Hall–Kier alpha value is -0.693. The van der Waals surface area contributed by atoms with Crippen molar-refractivity contribution in [3.8, 4) is 0 Å². The zero-order valence-electron chi connectivity index (χ0n) is 8.66. The predicted octanol–water partition coefficient (Wildman–Crippen LogP) is 0.229. The van der Waals surface area contributed by atoms with Gasteiger partial charge in [-0.15, -0.1) is 0 Å². The molecule has 0 aromatic carbocycles. The molecule has 80 valence electrons. The van der Waals surface area contributed by atoms with Crippen LogP contribution in [0, 0.1) is 0 Å². The van der Waals surface area contributed by atoms with Crippen molar-refractivity contribution in [1.82, 2.24) is 0 Å². The van der Waals surface area contributed by atoms with E-state index in [1.165, 1.54) is 34.0 Å². The van der Waals surface area contributed by atoms with Crippen LogP contribution in [0.25, 0.3) is 0 Å². The molecule has 0 saturated heterocycles. The molecular formula is C8H14O5Si. The van der Waals surface area contributed by atoms with Gasteiger partial charge in [0.2, 0.25) is 0 Å². The summed E-state index contributed by atoms with van der Waals surface area (Å²) < 4.78 is 15.0. The second-order valence-corrected chi connectivity index (χ2v) is 3.64. The number of aliphatic carboxylic acids is 1. The van der Waals surface area contributed by atoms with Gasteiger partial charge < -0.3 is 19.3 Å². The van der Waals surface area contributed by atoms with Crippen molar-refractivity contribution in [2.45, 2.75) is 12.5 Å². The molecule has 0 aliphatic carbocycles. The van der Waals surface area contributed by atoms with E-state index in [0.717, 1.165) is 0 Å². The number of carboxylic acids is 1. The summed E-state index contributed by atoms with van der Waals surface area (Å²) >= 11 is 0. The highest BCUT2D eigenvalue weighted by atomic mass is 28.2. The maximum Gasteiger partial charge on any atom is 0.330 e. The van der Waals surface area contributed by atoms with E-state index in [1.807, 2.05) is 0 Å². The number of rotatable bonds is 6. The summed E-state index contributed by atoms with van der Waals surface area (Å²) in [4.78, 5) is 10.5. The zero-order valence-corrected chi connectivity index (χ0v) is 9.66. The minimum absolute atomic E-state index is 0.0428. The summed E-state index contributed by atoms with van der Waals surface area (Å²) in [5, 5.41) is 8.61. The molecule has 0 aliphatic heterocycles. The van der Waals surface area contributed by atoms with Crippen LogP contribution >= 0.6 is 0 Å². The highest BCUT2D eigenvalue weighted by Gasteiger charge is 2.29. The first-order valence-corrected chi connectivity index (χ1v) is 4.92. The van der Waals surface area contributed by atoms with Gasteiger partial charge >= 0.3 is 5.97 Å². The van der Waals surface area contributed by atoms with Gasteiger partial charge in [-0.1, -0.05) is 5.70 Å². The lowest BCUT2D eigenvalue weighted by atomic mass is 10.4. The number of carboxylic acid groups (broad SMARTS) is 1. The van der Waals surface area contributed by atoms with E-state index in [4.69, 9.17) is 19.3 Å². The second-order valence-electron chi connectivity index (χ2n) is 2.45. The van der Waals surface area contributed by atoms with E-state index < -0.39 is 11.6 Å². The fourth-order valence-corrected chi connectivity index (χ4v) is 1.56. The molecule has 0 rings (SSSR count). The molecule has 14 heavy (non-hydrogen) atoms. The van der Waals surface area contributed by atoms with Crippen LogP contribution in [0.5, 0.6) is 0 Å². The van der Waals surface area contributed by atoms with Crippen LogP contribution < -0.4 is 0 Å². The maximum absolute atomic E-state index is 10.5. The molecule has 5 nitrogen and oxygen atoms in total. The van der Waals surface area contributed by atoms with Gasteiger partial charge in [-0.25, -0.2) is 4.79 Å². The van der Waals surface area contributed by atoms with E-state index in [-0.39, 0.29) is 15.1 Å². The van der Waals surface area contributed by atoms with Crippen molar-refractivity contribution in [2.75, 3.05) is 21.3 Å². The number of methoxy groups -OCH3 is 3. The van der Waals surface area contributed by atoms with Gasteiger partial charge in [-0.05, 0) is 6.92 Å². The number of ether oxygens (including phenoxy) is 3. The summed E-state index contributed by atoms with van der Waals surface area (Å²) in [6.07, 6.45) is 0. The Morgan fingerprint density at radius 3 is 2.00 bits per heavy atom. The Bertz CT molecular complexity index is 214. The lowest BCUT2D eigenvalue weighted by Crippen LogP contribution is -2.42. The molecule has 0 amide bonds. The molecule has 0 aliphatic rings. The SMILES string of the molecule is COC(OC)(OC)[Si]C=C(C)C(=O)O. The molecule has 0 aromatic rings. The highest BCUT2D eigenvalue weighted by molar-refractivity contribution is 6.45. The fraction of sp³-hybridized carbons (Fsp3) is 0.625. The van der Waals surface area contributed by atoms with E-state index in [0.29, 0.717) is 0 Å². The third-order valence-corrected chi connectivity index (χ3v) is 3.15. The molecule has 0 spiro atoms. The van der Waals surface area contributed by atoms with Gasteiger partial charge in [0, 0.05) is 26.9 Å².